The number of hydrogen-bond acceptors (Lipinski definition) is 2. The van der Waals surface area contributed by atoms with Crippen molar-refractivity contribution in [2.75, 3.05) is 0 Å². The lowest BCUT2D eigenvalue weighted by Gasteiger charge is -2.18. The highest BCUT2D eigenvalue weighted by Crippen LogP contribution is 2.37. The predicted octanol–water partition coefficient (Wildman–Crippen LogP) is 7.36. The molecule has 28 heavy (non-hydrogen) atoms. The van der Waals surface area contributed by atoms with Gasteiger partial charge in [0.25, 0.3) is 0 Å². The first-order valence-electron chi connectivity index (χ1n) is 9.43. The Hall–Kier alpha value is -2.69. The van der Waals surface area contributed by atoms with Crippen molar-refractivity contribution in [3.05, 3.63) is 65.2 Å². The zero-order valence-electron chi connectivity index (χ0n) is 15.8. The summed E-state index contributed by atoms with van der Waals surface area (Å²) in [4.78, 5) is 0. The second kappa shape index (κ2) is 7.38. The van der Waals surface area contributed by atoms with Crippen LogP contribution in [-0.4, -0.2) is 0 Å². The molecule has 4 rings (SSSR count). The molecule has 1 aromatic heterocycles. The van der Waals surface area contributed by atoms with Crippen LogP contribution in [0.3, 0.4) is 0 Å². The highest BCUT2D eigenvalue weighted by molar-refractivity contribution is 6.05. The molecule has 0 spiro atoms. The van der Waals surface area contributed by atoms with Crippen LogP contribution in [0.2, 0.25) is 0 Å². The molecule has 1 atom stereocenters. The van der Waals surface area contributed by atoms with Gasteiger partial charge in [-0.15, -0.1) is 0 Å². The van der Waals surface area contributed by atoms with Gasteiger partial charge in [-0.2, -0.15) is 4.39 Å². The van der Waals surface area contributed by atoms with E-state index in [9.17, 15) is 8.78 Å². The van der Waals surface area contributed by atoms with Gasteiger partial charge in [0.15, 0.2) is 22.7 Å². The summed E-state index contributed by atoms with van der Waals surface area (Å²) in [5.41, 5.74) is 1.70. The fraction of sp³-hybridized carbons (Fsp3) is 0.304. The monoisotopic (exact) mass is 386 g/mol. The molecule has 146 valence electrons. The molecular formula is C23H21F3O2. The highest BCUT2D eigenvalue weighted by Gasteiger charge is 2.20. The molecule has 0 amide bonds. The minimum absolute atomic E-state index is 0.0329. The van der Waals surface area contributed by atoms with Gasteiger partial charge in [-0.25, -0.2) is 8.78 Å². The molecule has 1 aliphatic carbocycles. The van der Waals surface area contributed by atoms with Crippen LogP contribution in [-0.2, 0) is 6.42 Å². The number of hydrogen-bond donors (Lipinski definition) is 0. The van der Waals surface area contributed by atoms with E-state index in [4.69, 9.17) is 9.15 Å². The standard InChI is InChI=1S/C23H21F3O2/c1-13-3-5-15(6-4-13)11-16-7-8-17-18-9-10-19(27-12-14(2)24)21(26)23(18)28-22(17)20(16)25/h5,7-10,12-13H,3-4,6,11H2,1-2H3/b14-12-. The molecule has 0 bridgehead atoms. The van der Waals surface area contributed by atoms with E-state index in [1.54, 1.807) is 18.2 Å². The Kier molecular flexibility index (Phi) is 4.92. The summed E-state index contributed by atoms with van der Waals surface area (Å²) in [5, 5.41) is 0.960. The van der Waals surface area contributed by atoms with Gasteiger partial charge < -0.3 is 9.15 Å². The molecule has 2 aromatic carbocycles. The minimum atomic E-state index is -0.781. The molecule has 3 aromatic rings. The summed E-state index contributed by atoms with van der Waals surface area (Å²) in [6.07, 6.45) is 6.63. The number of rotatable bonds is 4. The van der Waals surface area contributed by atoms with Crippen molar-refractivity contribution in [2.45, 2.75) is 39.5 Å². The predicted molar refractivity (Wildman–Crippen MR) is 104 cm³/mol. The fourth-order valence-electron chi connectivity index (χ4n) is 3.66. The topological polar surface area (TPSA) is 22.4 Å². The first-order valence-corrected chi connectivity index (χ1v) is 9.43. The molecule has 0 N–H and O–H groups in total. The SMILES string of the molecule is C/C(F)=C/Oc1ccc2c(oc3c(F)c(CC4=CCC(C)CC4)ccc32)c1F. The molecule has 0 saturated heterocycles. The van der Waals surface area contributed by atoms with Gasteiger partial charge in [0.2, 0.25) is 5.82 Å². The molecular weight excluding hydrogens is 365 g/mol. The van der Waals surface area contributed by atoms with Crippen molar-refractivity contribution in [3.63, 3.8) is 0 Å². The lowest BCUT2D eigenvalue weighted by molar-refractivity contribution is 0.419. The van der Waals surface area contributed by atoms with Crippen molar-refractivity contribution in [1.29, 1.82) is 0 Å². The first kappa shape index (κ1) is 18.7. The normalized spacial score (nSPS) is 18.0. The third-order valence-corrected chi connectivity index (χ3v) is 5.27. The van der Waals surface area contributed by atoms with Crippen molar-refractivity contribution in [3.8, 4) is 5.75 Å². The Balaban J connectivity index is 1.75. The van der Waals surface area contributed by atoms with Crippen LogP contribution >= 0.6 is 0 Å². The Morgan fingerprint density at radius 1 is 1.14 bits per heavy atom. The van der Waals surface area contributed by atoms with E-state index >= 15 is 4.39 Å². The third kappa shape index (κ3) is 3.41. The molecule has 1 heterocycles. The zero-order chi connectivity index (χ0) is 19.8. The summed E-state index contributed by atoms with van der Waals surface area (Å²) < 4.78 is 53.2. The van der Waals surface area contributed by atoms with E-state index in [1.807, 2.05) is 0 Å². The summed E-state index contributed by atoms with van der Waals surface area (Å²) in [5.74, 6) is -1.34. The minimum Gasteiger partial charge on any atom is -0.459 e. The molecule has 1 unspecified atom stereocenters. The van der Waals surface area contributed by atoms with Gasteiger partial charge >= 0.3 is 0 Å². The molecule has 1 aliphatic rings. The summed E-state index contributed by atoms with van der Waals surface area (Å²) in [6, 6.07) is 6.47. The maximum atomic E-state index is 15.1. The summed E-state index contributed by atoms with van der Waals surface area (Å²) in [7, 11) is 0. The van der Waals surface area contributed by atoms with E-state index in [-0.39, 0.29) is 16.9 Å². The maximum Gasteiger partial charge on any atom is 0.208 e. The average molecular weight is 386 g/mol. The Labute approximate surface area is 161 Å². The van der Waals surface area contributed by atoms with Crippen molar-refractivity contribution < 1.29 is 22.3 Å². The summed E-state index contributed by atoms with van der Waals surface area (Å²) >= 11 is 0. The van der Waals surface area contributed by atoms with Crippen LogP contribution in [0.1, 0.15) is 38.7 Å². The number of fused-ring (bicyclic) bond motifs is 3. The lowest BCUT2D eigenvalue weighted by atomic mass is 9.88. The lowest BCUT2D eigenvalue weighted by Crippen LogP contribution is -2.04. The van der Waals surface area contributed by atoms with E-state index in [1.165, 1.54) is 18.6 Å². The van der Waals surface area contributed by atoms with E-state index in [0.717, 1.165) is 25.5 Å². The smallest absolute Gasteiger partial charge is 0.208 e. The van der Waals surface area contributed by atoms with Gasteiger partial charge in [-0.1, -0.05) is 24.6 Å². The number of halogens is 3. The van der Waals surface area contributed by atoms with Crippen molar-refractivity contribution in [2.24, 2.45) is 5.92 Å². The summed E-state index contributed by atoms with van der Waals surface area (Å²) in [6.45, 7) is 3.41. The van der Waals surface area contributed by atoms with Crippen molar-refractivity contribution >= 4 is 21.9 Å². The molecule has 0 fully saturated rings. The Bertz CT molecular complexity index is 1100. The zero-order valence-corrected chi connectivity index (χ0v) is 15.8. The van der Waals surface area contributed by atoms with Gasteiger partial charge in [0.1, 0.15) is 12.1 Å². The highest BCUT2D eigenvalue weighted by atomic mass is 19.1. The maximum absolute atomic E-state index is 15.1. The number of allylic oxidation sites excluding steroid dienone is 3. The van der Waals surface area contributed by atoms with Crippen LogP contribution in [0, 0.1) is 17.6 Å². The number of furan rings is 1. The van der Waals surface area contributed by atoms with Crippen LogP contribution in [0.15, 0.2) is 52.4 Å². The number of ether oxygens (including phenoxy) is 1. The van der Waals surface area contributed by atoms with Crippen LogP contribution in [0.5, 0.6) is 5.75 Å². The van der Waals surface area contributed by atoms with E-state index in [2.05, 4.69) is 13.0 Å². The molecule has 2 nitrogen and oxygen atoms in total. The van der Waals surface area contributed by atoms with Crippen LogP contribution in [0.25, 0.3) is 21.9 Å². The van der Waals surface area contributed by atoms with Gasteiger partial charge in [-0.3, -0.25) is 0 Å². The fourth-order valence-corrected chi connectivity index (χ4v) is 3.66. The van der Waals surface area contributed by atoms with Gasteiger partial charge in [0, 0.05) is 10.8 Å². The van der Waals surface area contributed by atoms with E-state index < -0.39 is 17.5 Å². The molecule has 5 heteroatoms. The molecule has 0 aliphatic heterocycles. The average Bonchev–Trinajstić information content (AvgIpc) is 3.05. The molecule has 0 saturated carbocycles. The van der Waals surface area contributed by atoms with Crippen molar-refractivity contribution in [1.82, 2.24) is 0 Å². The van der Waals surface area contributed by atoms with Gasteiger partial charge in [0.05, 0.1) is 0 Å². The van der Waals surface area contributed by atoms with Gasteiger partial charge in [-0.05, 0) is 62.3 Å². The first-order chi connectivity index (χ1) is 13.4. The number of benzene rings is 2. The van der Waals surface area contributed by atoms with Crippen LogP contribution in [0.4, 0.5) is 13.2 Å². The second-order valence-corrected chi connectivity index (χ2v) is 7.51. The largest absolute Gasteiger partial charge is 0.459 e. The third-order valence-electron chi connectivity index (χ3n) is 5.27. The molecule has 0 radical (unpaired) electrons. The van der Waals surface area contributed by atoms with E-state index in [0.29, 0.717) is 28.7 Å². The quantitative estimate of drug-likeness (QED) is 0.345. The van der Waals surface area contributed by atoms with Crippen LogP contribution < -0.4 is 4.74 Å². The second-order valence-electron chi connectivity index (χ2n) is 7.51. The Morgan fingerprint density at radius 3 is 2.54 bits per heavy atom. The Morgan fingerprint density at radius 2 is 1.86 bits per heavy atom.